The van der Waals surface area contributed by atoms with Gasteiger partial charge >= 0.3 is 0 Å². The SMILES string of the molecule is Brc1ccc(CCC2(Cn3ccnc3)OCCO2)cc1.Cl. The fraction of sp³-hybridized carbons (Fsp3) is 0.400. The van der Waals surface area contributed by atoms with Gasteiger partial charge in [-0.15, -0.1) is 12.4 Å². The number of aromatic nitrogens is 2. The van der Waals surface area contributed by atoms with Crippen LogP contribution < -0.4 is 0 Å². The molecule has 0 radical (unpaired) electrons. The number of benzene rings is 1. The van der Waals surface area contributed by atoms with Gasteiger partial charge in [0.1, 0.15) is 0 Å². The molecule has 1 aromatic heterocycles. The molecule has 1 fully saturated rings. The van der Waals surface area contributed by atoms with Crippen molar-refractivity contribution in [2.24, 2.45) is 0 Å². The van der Waals surface area contributed by atoms with Crippen molar-refractivity contribution >= 4 is 28.3 Å². The molecule has 0 N–H and O–H groups in total. The fourth-order valence-electron chi connectivity index (χ4n) is 2.46. The number of ether oxygens (including phenoxy) is 2. The summed E-state index contributed by atoms with van der Waals surface area (Å²) in [7, 11) is 0. The molecule has 3 rings (SSSR count). The Kier molecular flexibility index (Phi) is 5.81. The summed E-state index contributed by atoms with van der Waals surface area (Å²) < 4.78 is 14.9. The van der Waals surface area contributed by atoms with Crippen molar-refractivity contribution in [1.82, 2.24) is 9.55 Å². The number of halogens is 2. The van der Waals surface area contributed by atoms with Gasteiger partial charge in [0.05, 0.1) is 26.1 Å². The zero-order valence-corrected chi connectivity index (χ0v) is 14.0. The first kappa shape index (κ1) is 16.5. The molecule has 1 aliphatic heterocycles. The Hall–Kier alpha value is -0.880. The van der Waals surface area contributed by atoms with E-state index in [2.05, 4.69) is 45.2 Å². The summed E-state index contributed by atoms with van der Waals surface area (Å²) in [5.41, 5.74) is 1.29. The quantitative estimate of drug-likeness (QED) is 0.805. The molecule has 4 nitrogen and oxygen atoms in total. The molecule has 1 aliphatic rings. The molecule has 0 unspecified atom stereocenters. The molecule has 114 valence electrons. The first-order valence-corrected chi connectivity index (χ1v) is 7.53. The second-order valence-corrected chi connectivity index (χ2v) is 5.88. The van der Waals surface area contributed by atoms with Crippen LogP contribution in [0.15, 0.2) is 47.5 Å². The molecule has 2 heterocycles. The van der Waals surface area contributed by atoms with Crippen LogP contribution in [0.2, 0.25) is 0 Å². The Balaban J connectivity index is 0.00000161. The molecule has 21 heavy (non-hydrogen) atoms. The first-order valence-electron chi connectivity index (χ1n) is 6.74. The molecule has 0 atom stereocenters. The molecule has 1 saturated heterocycles. The third-order valence-corrected chi connectivity index (χ3v) is 4.03. The molecule has 1 aromatic carbocycles. The maximum atomic E-state index is 5.88. The Morgan fingerprint density at radius 2 is 1.90 bits per heavy atom. The molecule has 0 aliphatic carbocycles. The highest BCUT2D eigenvalue weighted by Gasteiger charge is 2.36. The van der Waals surface area contributed by atoms with Crippen molar-refractivity contribution in [3.05, 3.63) is 53.0 Å². The highest BCUT2D eigenvalue weighted by atomic mass is 79.9. The Morgan fingerprint density at radius 1 is 1.19 bits per heavy atom. The van der Waals surface area contributed by atoms with Crippen molar-refractivity contribution in [1.29, 1.82) is 0 Å². The minimum atomic E-state index is -0.520. The predicted molar refractivity (Wildman–Crippen MR) is 86.6 cm³/mol. The van der Waals surface area contributed by atoms with E-state index >= 15 is 0 Å². The van der Waals surface area contributed by atoms with Gasteiger partial charge in [-0.3, -0.25) is 0 Å². The summed E-state index contributed by atoms with van der Waals surface area (Å²) in [4.78, 5) is 4.07. The molecule has 0 bridgehead atoms. The van der Waals surface area contributed by atoms with Gasteiger partial charge in [-0.25, -0.2) is 4.98 Å². The lowest BCUT2D eigenvalue weighted by molar-refractivity contribution is -0.171. The smallest absolute Gasteiger partial charge is 0.186 e. The molecular weight excluding hydrogens is 356 g/mol. The highest BCUT2D eigenvalue weighted by Crippen LogP contribution is 2.27. The average molecular weight is 374 g/mol. The second kappa shape index (κ2) is 7.40. The van der Waals surface area contributed by atoms with E-state index in [1.54, 1.807) is 12.5 Å². The molecule has 2 aromatic rings. The van der Waals surface area contributed by atoms with Crippen LogP contribution in [0.1, 0.15) is 12.0 Å². The van der Waals surface area contributed by atoms with Gasteiger partial charge in [-0.1, -0.05) is 28.1 Å². The van der Waals surface area contributed by atoms with Crippen molar-refractivity contribution < 1.29 is 9.47 Å². The van der Waals surface area contributed by atoms with E-state index < -0.39 is 5.79 Å². The van der Waals surface area contributed by atoms with Crippen LogP contribution in [0.5, 0.6) is 0 Å². The van der Waals surface area contributed by atoms with E-state index in [-0.39, 0.29) is 12.4 Å². The monoisotopic (exact) mass is 372 g/mol. The van der Waals surface area contributed by atoms with Crippen LogP contribution in [0.3, 0.4) is 0 Å². The topological polar surface area (TPSA) is 36.3 Å². The van der Waals surface area contributed by atoms with Crippen molar-refractivity contribution in [2.45, 2.75) is 25.2 Å². The lowest BCUT2D eigenvalue weighted by Crippen LogP contribution is -2.35. The zero-order chi connectivity index (χ0) is 13.8. The van der Waals surface area contributed by atoms with Crippen LogP contribution in [-0.2, 0) is 22.4 Å². The third-order valence-electron chi connectivity index (χ3n) is 3.50. The minimum absolute atomic E-state index is 0. The highest BCUT2D eigenvalue weighted by molar-refractivity contribution is 9.10. The number of hydrogen-bond donors (Lipinski definition) is 0. The standard InChI is InChI=1S/C15H17BrN2O2.ClH/c16-14-3-1-13(2-4-14)5-6-15(19-9-10-20-15)11-18-8-7-17-12-18;/h1-4,7-8,12H,5-6,9-11H2;1H. The van der Waals surface area contributed by atoms with E-state index in [0.29, 0.717) is 19.8 Å². The summed E-state index contributed by atoms with van der Waals surface area (Å²) >= 11 is 3.45. The third kappa shape index (κ3) is 4.30. The first-order chi connectivity index (χ1) is 9.76. The van der Waals surface area contributed by atoms with Crippen LogP contribution in [0, 0.1) is 0 Å². The number of aryl methyl sites for hydroxylation is 1. The summed E-state index contributed by atoms with van der Waals surface area (Å²) in [5.74, 6) is -0.520. The lowest BCUT2D eigenvalue weighted by Gasteiger charge is -2.27. The Morgan fingerprint density at radius 3 is 2.52 bits per heavy atom. The molecule has 0 spiro atoms. The van der Waals surface area contributed by atoms with Gasteiger partial charge in [0.25, 0.3) is 0 Å². The fourth-order valence-corrected chi connectivity index (χ4v) is 2.72. The molecular formula is C15H18BrClN2O2. The van der Waals surface area contributed by atoms with Gasteiger partial charge in [0, 0.05) is 23.3 Å². The number of hydrogen-bond acceptors (Lipinski definition) is 3. The van der Waals surface area contributed by atoms with Gasteiger partial charge in [0.2, 0.25) is 0 Å². The molecule has 0 saturated carbocycles. The van der Waals surface area contributed by atoms with Crippen LogP contribution >= 0.6 is 28.3 Å². The number of nitrogens with zero attached hydrogens (tertiary/aromatic N) is 2. The molecule has 6 heteroatoms. The van der Waals surface area contributed by atoms with E-state index in [4.69, 9.17) is 9.47 Å². The summed E-state index contributed by atoms with van der Waals surface area (Å²) in [6.45, 7) is 2.01. The second-order valence-electron chi connectivity index (χ2n) is 4.97. The summed E-state index contributed by atoms with van der Waals surface area (Å²) in [5, 5.41) is 0. The van der Waals surface area contributed by atoms with E-state index in [0.717, 1.165) is 17.3 Å². The van der Waals surface area contributed by atoms with Crippen molar-refractivity contribution in [3.63, 3.8) is 0 Å². The number of rotatable bonds is 5. The normalized spacial score (nSPS) is 16.6. The summed E-state index contributed by atoms with van der Waals surface area (Å²) in [6.07, 6.45) is 7.28. The maximum absolute atomic E-state index is 5.88. The Bertz CT molecular complexity index is 539. The minimum Gasteiger partial charge on any atom is -0.346 e. The van der Waals surface area contributed by atoms with Gasteiger partial charge < -0.3 is 14.0 Å². The lowest BCUT2D eigenvalue weighted by atomic mass is 10.0. The van der Waals surface area contributed by atoms with Gasteiger partial charge in [-0.05, 0) is 24.1 Å². The van der Waals surface area contributed by atoms with Crippen molar-refractivity contribution in [2.75, 3.05) is 13.2 Å². The molecule has 0 amide bonds. The largest absolute Gasteiger partial charge is 0.346 e. The van der Waals surface area contributed by atoms with E-state index in [9.17, 15) is 0 Å². The van der Waals surface area contributed by atoms with E-state index in [1.165, 1.54) is 5.56 Å². The van der Waals surface area contributed by atoms with Crippen LogP contribution in [-0.4, -0.2) is 28.6 Å². The van der Waals surface area contributed by atoms with Crippen molar-refractivity contribution in [3.8, 4) is 0 Å². The number of imidazole rings is 1. The average Bonchev–Trinajstić information content (AvgIpc) is 3.11. The van der Waals surface area contributed by atoms with Crippen LogP contribution in [0.4, 0.5) is 0 Å². The van der Waals surface area contributed by atoms with Crippen LogP contribution in [0.25, 0.3) is 0 Å². The van der Waals surface area contributed by atoms with E-state index in [1.807, 2.05) is 10.8 Å². The summed E-state index contributed by atoms with van der Waals surface area (Å²) in [6, 6.07) is 8.39. The van der Waals surface area contributed by atoms with Gasteiger partial charge in [-0.2, -0.15) is 0 Å². The Labute approximate surface area is 139 Å². The zero-order valence-electron chi connectivity index (χ0n) is 11.6. The van der Waals surface area contributed by atoms with Gasteiger partial charge in [0.15, 0.2) is 5.79 Å². The maximum Gasteiger partial charge on any atom is 0.186 e. The predicted octanol–water partition coefficient (Wildman–Crippen LogP) is 3.44.